The van der Waals surface area contributed by atoms with E-state index < -0.39 is 23.3 Å². The monoisotopic (exact) mass is 1210 g/mol. The minimum Gasteiger partial charge on any atom is -0.382 e. The van der Waals surface area contributed by atoms with Crippen LogP contribution in [0, 0.1) is 0 Å². The fourth-order valence-electron chi connectivity index (χ4n) is 7.00. The fourth-order valence-corrected chi connectivity index (χ4v) is 7.00. The van der Waals surface area contributed by atoms with Crippen molar-refractivity contribution in [3.05, 3.63) is 35.4 Å². The molecule has 0 fully saturated rings. The van der Waals surface area contributed by atoms with E-state index in [4.69, 9.17) is 96.7 Å². The van der Waals surface area contributed by atoms with Crippen molar-refractivity contribution in [3.8, 4) is 0 Å². The van der Waals surface area contributed by atoms with Gasteiger partial charge in [0.2, 0.25) is 23.6 Å². The molecule has 2 rings (SSSR count). The zero-order valence-electron chi connectivity index (χ0n) is 49.2. The fraction of sp³-hybridized carbons (Fsp3) is 0.782. The molecule has 1 aromatic carbocycles. The number of primary amides is 2. The number of ether oxygens (including phenoxy) is 18. The Hall–Kier alpha value is -4.48. The van der Waals surface area contributed by atoms with Crippen molar-refractivity contribution in [2.45, 2.75) is 31.2 Å². The Balaban J connectivity index is 1.36. The lowest BCUT2D eigenvalue weighted by Crippen LogP contribution is -2.59. The second-order valence-corrected chi connectivity index (χ2v) is 18.1. The standard InChI is InChI=1S/C55H95N5O24/c1-67-18-19-71-24-21-69-16-10-58-51(63)8-15-84-46-55(44-82-12-6-49(56)61,45-83-13-7-50(57)62)59-52(64)9-14-68-20-23-72-26-28-74-30-32-76-34-36-78-38-40-80-42-43-81-41-39-79-37-35-77-33-31-75-29-27-73-25-22-70-17-11-60-53(65)47-4-2-3-5-48(47)54(60)66/h2-5H,6-46H2,1H3,(H2,56,61)(H2,57,62)(H,58,63)(H,59,64). The Labute approximate surface area is 493 Å². The van der Waals surface area contributed by atoms with Crippen molar-refractivity contribution in [1.82, 2.24) is 15.5 Å². The third-order valence-corrected chi connectivity index (χ3v) is 11.3. The van der Waals surface area contributed by atoms with Crippen LogP contribution < -0.4 is 22.1 Å². The van der Waals surface area contributed by atoms with E-state index in [0.717, 1.165) is 0 Å². The maximum atomic E-state index is 13.2. The van der Waals surface area contributed by atoms with Crippen LogP contribution in [-0.4, -0.2) is 297 Å². The van der Waals surface area contributed by atoms with Crippen molar-refractivity contribution in [3.63, 3.8) is 0 Å². The van der Waals surface area contributed by atoms with Gasteiger partial charge in [0, 0.05) is 39.3 Å². The Morgan fingerprint density at radius 2 is 0.667 bits per heavy atom. The molecule has 484 valence electrons. The molecule has 0 aliphatic carbocycles. The summed E-state index contributed by atoms with van der Waals surface area (Å²) in [5.41, 5.74) is 10.1. The first-order valence-corrected chi connectivity index (χ1v) is 28.5. The Morgan fingerprint density at radius 3 is 1.01 bits per heavy atom. The summed E-state index contributed by atoms with van der Waals surface area (Å²) in [5.74, 6) is -2.40. The van der Waals surface area contributed by atoms with Gasteiger partial charge in [-0.05, 0) is 12.1 Å². The van der Waals surface area contributed by atoms with Crippen molar-refractivity contribution in [1.29, 1.82) is 0 Å². The first kappa shape index (κ1) is 75.6. The van der Waals surface area contributed by atoms with Gasteiger partial charge in [-0.1, -0.05) is 12.1 Å². The van der Waals surface area contributed by atoms with Crippen molar-refractivity contribution in [2.24, 2.45) is 11.5 Å². The highest BCUT2D eigenvalue weighted by Crippen LogP contribution is 2.22. The molecule has 29 nitrogen and oxygen atoms in total. The van der Waals surface area contributed by atoms with E-state index >= 15 is 0 Å². The molecule has 6 amide bonds. The van der Waals surface area contributed by atoms with E-state index in [1.54, 1.807) is 31.4 Å². The second-order valence-electron chi connectivity index (χ2n) is 18.1. The van der Waals surface area contributed by atoms with Gasteiger partial charge >= 0.3 is 0 Å². The molecule has 0 radical (unpaired) electrons. The summed E-state index contributed by atoms with van der Waals surface area (Å²) < 4.78 is 99.2. The van der Waals surface area contributed by atoms with Crippen LogP contribution in [0.25, 0.3) is 0 Å². The van der Waals surface area contributed by atoms with Gasteiger partial charge in [-0.2, -0.15) is 0 Å². The molecule has 0 bridgehead atoms. The molecular formula is C55H95N5O24. The van der Waals surface area contributed by atoms with Crippen LogP contribution in [0.4, 0.5) is 0 Å². The molecule has 0 spiro atoms. The van der Waals surface area contributed by atoms with Gasteiger partial charge in [-0.25, -0.2) is 0 Å². The molecule has 1 heterocycles. The minimum atomic E-state index is -1.27. The molecule has 0 saturated heterocycles. The summed E-state index contributed by atoms with van der Waals surface area (Å²) >= 11 is 0. The number of rotatable bonds is 64. The Bertz CT molecular complexity index is 1790. The van der Waals surface area contributed by atoms with Crippen molar-refractivity contribution in [2.75, 3.05) is 251 Å². The van der Waals surface area contributed by atoms with Crippen LogP contribution in [0.3, 0.4) is 0 Å². The molecule has 1 aliphatic rings. The van der Waals surface area contributed by atoms with Crippen LogP contribution in [0.15, 0.2) is 24.3 Å². The normalized spacial score (nSPS) is 12.4. The maximum Gasteiger partial charge on any atom is 0.261 e. The highest BCUT2D eigenvalue weighted by molar-refractivity contribution is 6.21. The lowest BCUT2D eigenvalue weighted by Gasteiger charge is -2.34. The molecule has 0 unspecified atom stereocenters. The van der Waals surface area contributed by atoms with Gasteiger partial charge in [-0.15, -0.1) is 0 Å². The second kappa shape index (κ2) is 54.0. The van der Waals surface area contributed by atoms with Gasteiger partial charge in [0.25, 0.3) is 11.8 Å². The smallest absolute Gasteiger partial charge is 0.261 e. The van der Waals surface area contributed by atoms with Crippen molar-refractivity contribution >= 4 is 35.4 Å². The SMILES string of the molecule is COCCOCCOCCNC(=O)CCOCC(COCCC(N)=O)(COCCC(N)=O)NC(=O)CCOCCOCCOCCOCCOCCOCCOCCOCCOCCOCCOCCOCCN1C(=O)c2ccccc2C1=O. The molecule has 0 saturated carbocycles. The third-order valence-electron chi connectivity index (χ3n) is 11.3. The highest BCUT2D eigenvalue weighted by Gasteiger charge is 2.35. The van der Waals surface area contributed by atoms with Gasteiger partial charge < -0.3 is 107 Å². The number of hydrogen-bond donors (Lipinski definition) is 4. The number of nitrogens with one attached hydrogen (secondary N) is 2. The summed E-state index contributed by atoms with van der Waals surface area (Å²) in [6.07, 6.45) is -0.119. The molecule has 29 heteroatoms. The summed E-state index contributed by atoms with van der Waals surface area (Å²) in [6.45, 7) is 11.2. The van der Waals surface area contributed by atoms with Crippen LogP contribution >= 0.6 is 0 Å². The topological polar surface area (TPSA) is 348 Å². The number of fused-ring (bicyclic) bond motifs is 1. The predicted molar refractivity (Wildman–Crippen MR) is 298 cm³/mol. The Morgan fingerprint density at radius 1 is 0.381 bits per heavy atom. The number of carbonyl (C=O) groups excluding carboxylic acids is 6. The van der Waals surface area contributed by atoms with Crippen LogP contribution in [-0.2, 0) is 104 Å². The van der Waals surface area contributed by atoms with Gasteiger partial charge in [0.15, 0.2) is 0 Å². The van der Waals surface area contributed by atoms with Gasteiger partial charge in [0.1, 0.15) is 5.54 Å². The van der Waals surface area contributed by atoms with E-state index in [1.807, 2.05) is 0 Å². The van der Waals surface area contributed by atoms with E-state index in [2.05, 4.69) is 10.6 Å². The molecular weight excluding hydrogens is 1110 g/mol. The summed E-state index contributed by atoms with van der Waals surface area (Å²) in [4.78, 5) is 74.2. The zero-order valence-corrected chi connectivity index (χ0v) is 49.2. The highest BCUT2D eigenvalue weighted by atomic mass is 16.6. The largest absolute Gasteiger partial charge is 0.382 e. The van der Waals surface area contributed by atoms with E-state index in [9.17, 15) is 28.8 Å². The van der Waals surface area contributed by atoms with Crippen LogP contribution in [0.5, 0.6) is 0 Å². The third kappa shape index (κ3) is 42.4. The van der Waals surface area contributed by atoms with Crippen LogP contribution in [0.1, 0.15) is 46.4 Å². The summed E-state index contributed by atoms with van der Waals surface area (Å²) in [5, 5.41) is 5.64. The average Bonchev–Trinajstić information content (AvgIpc) is 3.26. The maximum absolute atomic E-state index is 13.2. The number of hydrogen-bond acceptors (Lipinski definition) is 24. The summed E-state index contributed by atoms with van der Waals surface area (Å²) in [7, 11) is 1.59. The first-order chi connectivity index (χ1) is 41.1. The lowest BCUT2D eigenvalue weighted by atomic mass is 10.0. The number of carbonyl (C=O) groups is 6. The predicted octanol–water partition coefficient (Wildman–Crippen LogP) is -1.29. The van der Waals surface area contributed by atoms with E-state index in [-0.39, 0.29) is 116 Å². The lowest BCUT2D eigenvalue weighted by molar-refractivity contribution is -0.131. The minimum absolute atomic E-state index is 0.00472. The van der Waals surface area contributed by atoms with Crippen LogP contribution in [0.2, 0.25) is 0 Å². The van der Waals surface area contributed by atoms with Gasteiger partial charge in [-0.3, -0.25) is 33.7 Å². The molecule has 6 N–H and O–H groups in total. The Kier molecular flexibility index (Phi) is 48.6. The first-order valence-electron chi connectivity index (χ1n) is 28.5. The molecule has 84 heavy (non-hydrogen) atoms. The summed E-state index contributed by atoms with van der Waals surface area (Å²) in [6, 6.07) is 6.78. The zero-order chi connectivity index (χ0) is 60.7. The quantitative estimate of drug-likeness (QED) is 0.0436. The molecule has 0 aromatic heterocycles. The molecule has 1 aliphatic heterocycles. The number of nitrogens with zero attached hydrogens (tertiary/aromatic N) is 1. The number of imide groups is 1. The van der Waals surface area contributed by atoms with Gasteiger partial charge in [0.05, 0.1) is 249 Å². The number of benzene rings is 1. The molecule has 0 atom stereocenters. The molecule has 1 aromatic rings. The number of amides is 6. The van der Waals surface area contributed by atoms with Crippen molar-refractivity contribution < 1.29 is 114 Å². The average molecular weight is 1210 g/mol. The number of nitrogens with two attached hydrogens (primary N) is 2. The van der Waals surface area contributed by atoms with E-state index in [1.165, 1.54) is 4.90 Å². The van der Waals surface area contributed by atoms with E-state index in [0.29, 0.717) is 183 Å². The number of methoxy groups -OCH3 is 1.